The van der Waals surface area contributed by atoms with Crippen LogP contribution in [0.25, 0.3) is 0 Å². The molecule has 112 valence electrons. The van der Waals surface area contributed by atoms with Gasteiger partial charge in [0.1, 0.15) is 0 Å². The Hall–Kier alpha value is -0.220. The van der Waals surface area contributed by atoms with Crippen LogP contribution in [-0.2, 0) is 4.79 Å². The molecule has 0 aromatic rings. The molecule has 1 amide bonds. The first-order chi connectivity index (χ1) is 9.01. The molecule has 0 saturated carbocycles. The number of hydrogen-bond acceptors (Lipinski definition) is 3. The summed E-state index contributed by atoms with van der Waals surface area (Å²) in [5, 5.41) is 3.56. The Morgan fingerprint density at radius 3 is 2.58 bits per heavy atom. The van der Waals surface area contributed by atoms with Crippen LogP contribution in [-0.4, -0.2) is 41.1 Å². The van der Waals surface area contributed by atoms with E-state index >= 15 is 0 Å². The summed E-state index contributed by atoms with van der Waals surface area (Å²) in [6.07, 6.45) is 6.65. The van der Waals surface area contributed by atoms with E-state index in [0.717, 1.165) is 31.4 Å². The van der Waals surface area contributed by atoms with Crippen LogP contribution in [0.4, 0.5) is 0 Å². The van der Waals surface area contributed by atoms with E-state index in [9.17, 15) is 4.79 Å². The lowest BCUT2D eigenvalue weighted by Crippen LogP contribution is -2.45. The molecule has 1 fully saturated rings. The predicted octanol–water partition coefficient (Wildman–Crippen LogP) is 3.10. The maximum absolute atomic E-state index is 12.6. The lowest BCUT2D eigenvalue weighted by atomic mass is 10.1. The Labute approximate surface area is 122 Å². The van der Waals surface area contributed by atoms with Gasteiger partial charge < -0.3 is 4.90 Å². The molecule has 0 bridgehead atoms. The highest BCUT2D eigenvalue weighted by molar-refractivity contribution is 7.98. The number of hydrogen-bond donors (Lipinski definition) is 1. The smallest absolute Gasteiger partial charge is 0.241 e. The highest BCUT2D eigenvalue weighted by Gasteiger charge is 2.40. The second kappa shape index (κ2) is 8.15. The van der Waals surface area contributed by atoms with E-state index < -0.39 is 0 Å². The lowest BCUT2D eigenvalue weighted by molar-refractivity contribution is -0.131. The molecule has 3 nitrogen and oxygen atoms in total. The van der Waals surface area contributed by atoms with Crippen LogP contribution in [0.5, 0.6) is 0 Å². The van der Waals surface area contributed by atoms with Crippen molar-refractivity contribution in [2.24, 2.45) is 5.92 Å². The van der Waals surface area contributed by atoms with E-state index in [1.165, 1.54) is 0 Å². The fraction of sp³-hybridized carbons (Fsp3) is 0.933. The summed E-state index contributed by atoms with van der Waals surface area (Å²) < 4.78 is 0. The van der Waals surface area contributed by atoms with Crippen LogP contribution in [0.1, 0.15) is 53.4 Å². The molecule has 0 radical (unpaired) electrons. The fourth-order valence-corrected chi connectivity index (χ4v) is 3.45. The Morgan fingerprint density at radius 2 is 2.05 bits per heavy atom. The van der Waals surface area contributed by atoms with Gasteiger partial charge in [-0.05, 0) is 31.9 Å². The van der Waals surface area contributed by atoms with Gasteiger partial charge in [-0.2, -0.15) is 11.8 Å². The minimum Gasteiger partial charge on any atom is -0.322 e. The van der Waals surface area contributed by atoms with Crippen molar-refractivity contribution in [2.45, 2.75) is 71.6 Å². The number of amides is 1. The van der Waals surface area contributed by atoms with Gasteiger partial charge in [0.25, 0.3) is 0 Å². The van der Waals surface area contributed by atoms with E-state index in [1.807, 2.05) is 11.8 Å². The van der Waals surface area contributed by atoms with Crippen molar-refractivity contribution in [2.75, 3.05) is 12.0 Å². The summed E-state index contributed by atoms with van der Waals surface area (Å²) in [5.41, 5.74) is 0. The van der Waals surface area contributed by atoms with E-state index in [2.05, 4.69) is 44.2 Å². The largest absolute Gasteiger partial charge is 0.322 e. The molecular formula is C15H30N2OS. The van der Waals surface area contributed by atoms with Crippen molar-refractivity contribution >= 4 is 17.7 Å². The van der Waals surface area contributed by atoms with E-state index in [0.29, 0.717) is 17.9 Å². The van der Waals surface area contributed by atoms with Crippen LogP contribution in [0.3, 0.4) is 0 Å². The van der Waals surface area contributed by atoms with Gasteiger partial charge in [0, 0.05) is 11.8 Å². The van der Waals surface area contributed by atoms with Crippen molar-refractivity contribution in [1.29, 1.82) is 0 Å². The van der Waals surface area contributed by atoms with Gasteiger partial charge in [-0.25, -0.2) is 0 Å². The van der Waals surface area contributed by atoms with Crippen LogP contribution >= 0.6 is 11.8 Å². The topological polar surface area (TPSA) is 32.3 Å². The predicted molar refractivity (Wildman–Crippen MR) is 84.4 cm³/mol. The summed E-state index contributed by atoms with van der Waals surface area (Å²) in [4.78, 5) is 14.7. The normalized spacial score (nSPS) is 25.4. The molecule has 4 heteroatoms. The SMILES string of the molecule is CCCCC1NC(CC(C)C)N(C(C)CSC)C1=O. The van der Waals surface area contributed by atoms with Gasteiger partial charge in [-0.1, -0.05) is 33.6 Å². The van der Waals surface area contributed by atoms with E-state index in [4.69, 9.17) is 0 Å². The van der Waals surface area contributed by atoms with Gasteiger partial charge in [0.05, 0.1) is 12.2 Å². The van der Waals surface area contributed by atoms with Gasteiger partial charge in [0.2, 0.25) is 5.91 Å². The Morgan fingerprint density at radius 1 is 1.37 bits per heavy atom. The van der Waals surface area contributed by atoms with Crippen molar-refractivity contribution in [3.8, 4) is 0 Å². The van der Waals surface area contributed by atoms with Crippen LogP contribution in [0, 0.1) is 5.92 Å². The molecule has 1 aliphatic rings. The number of rotatable bonds is 8. The van der Waals surface area contributed by atoms with Gasteiger partial charge in [-0.3, -0.25) is 10.1 Å². The first-order valence-electron chi connectivity index (χ1n) is 7.58. The van der Waals surface area contributed by atoms with Crippen LogP contribution in [0.15, 0.2) is 0 Å². The van der Waals surface area contributed by atoms with Gasteiger partial charge in [0.15, 0.2) is 0 Å². The third-order valence-electron chi connectivity index (χ3n) is 3.71. The minimum absolute atomic E-state index is 0.0491. The van der Waals surface area contributed by atoms with E-state index in [1.54, 1.807) is 0 Å². The molecule has 1 N–H and O–H groups in total. The second-order valence-corrected chi connectivity index (χ2v) is 6.97. The van der Waals surface area contributed by atoms with Crippen molar-refractivity contribution in [3.05, 3.63) is 0 Å². The van der Waals surface area contributed by atoms with Crippen molar-refractivity contribution in [1.82, 2.24) is 10.2 Å². The molecule has 1 saturated heterocycles. The molecule has 0 aromatic carbocycles. The maximum Gasteiger partial charge on any atom is 0.241 e. The molecular weight excluding hydrogens is 256 g/mol. The molecule has 1 aliphatic heterocycles. The quantitative estimate of drug-likeness (QED) is 0.744. The molecule has 19 heavy (non-hydrogen) atoms. The lowest BCUT2D eigenvalue weighted by Gasteiger charge is -2.31. The van der Waals surface area contributed by atoms with Gasteiger partial charge >= 0.3 is 0 Å². The highest BCUT2D eigenvalue weighted by Crippen LogP contribution is 2.23. The summed E-state index contributed by atoms with van der Waals surface area (Å²) in [6.45, 7) is 8.80. The standard InChI is InChI=1S/C15H30N2OS/c1-6-7-8-13-15(18)17(12(4)10-19-5)14(16-13)9-11(2)3/h11-14,16H,6-10H2,1-5H3. The fourth-order valence-electron chi connectivity index (χ4n) is 2.81. The summed E-state index contributed by atoms with van der Waals surface area (Å²) in [5.74, 6) is 1.95. The first kappa shape index (κ1) is 16.8. The Bertz CT molecular complexity index is 283. The monoisotopic (exact) mass is 286 g/mol. The van der Waals surface area contributed by atoms with Gasteiger partial charge in [-0.15, -0.1) is 0 Å². The average Bonchev–Trinajstić information content (AvgIpc) is 2.62. The Balaban J connectivity index is 2.72. The number of nitrogens with one attached hydrogen (secondary N) is 1. The summed E-state index contributed by atoms with van der Waals surface area (Å²) in [6, 6.07) is 0.374. The average molecular weight is 286 g/mol. The van der Waals surface area contributed by atoms with Crippen LogP contribution in [0.2, 0.25) is 0 Å². The molecule has 0 aliphatic carbocycles. The zero-order valence-corrected chi connectivity index (χ0v) is 13.9. The second-order valence-electron chi connectivity index (χ2n) is 6.06. The highest BCUT2D eigenvalue weighted by atomic mass is 32.2. The van der Waals surface area contributed by atoms with Crippen LogP contribution < -0.4 is 5.32 Å². The molecule has 1 heterocycles. The maximum atomic E-state index is 12.6. The zero-order valence-electron chi connectivity index (χ0n) is 13.1. The molecule has 3 unspecified atom stereocenters. The summed E-state index contributed by atoms with van der Waals surface area (Å²) in [7, 11) is 0. The minimum atomic E-state index is 0.0491. The summed E-state index contributed by atoms with van der Waals surface area (Å²) >= 11 is 1.82. The first-order valence-corrected chi connectivity index (χ1v) is 8.97. The number of carbonyl (C=O) groups is 1. The number of unbranched alkanes of at least 4 members (excludes halogenated alkanes) is 1. The number of thioether (sulfide) groups is 1. The number of nitrogens with zero attached hydrogens (tertiary/aromatic N) is 1. The van der Waals surface area contributed by atoms with Crippen molar-refractivity contribution < 1.29 is 4.79 Å². The third kappa shape index (κ3) is 4.67. The molecule has 3 atom stereocenters. The third-order valence-corrected chi connectivity index (χ3v) is 4.52. The van der Waals surface area contributed by atoms with E-state index in [-0.39, 0.29) is 12.2 Å². The Kier molecular flexibility index (Phi) is 7.22. The molecule has 0 spiro atoms. The zero-order chi connectivity index (χ0) is 14.4. The number of carbonyl (C=O) groups excluding carboxylic acids is 1. The molecule has 0 aromatic heterocycles. The van der Waals surface area contributed by atoms with Crippen molar-refractivity contribution in [3.63, 3.8) is 0 Å². The molecule has 1 rings (SSSR count).